The molecule has 3 aromatic rings. The zero-order chi connectivity index (χ0) is 20.3. The molecule has 0 aliphatic heterocycles. The van der Waals surface area contributed by atoms with Crippen molar-refractivity contribution < 1.29 is 23.0 Å². The van der Waals surface area contributed by atoms with E-state index in [9.17, 15) is 13.6 Å². The van der Waals surface area contributed by atoms with Crippen LogP contribution in [0.1, 0.15) is 29.0 Å². The molecule has 1 atom stereocenters. The second-order valence-electron chi connectivity index (χ2n) is 5.98. The number of thiazole rings is 1. The highest BCUT2D eigenvalue weighted by Gasteiger charge is 2.17. The Balaban J connectivity index is 1.76. The van der Waals surface area contributed by atoms with Crippen molar-refractivity contribution in [3.8, 4) is 22.1 Å². The van der Waals surface area contributed by atoms with Crippen molar-refractivity contribution in [2.45, 2.75) is 13.0 Å². The van der Waals surface area contributed by atoms with Crippen LogP contribution in [0.5, 0.6) is 11.5 Å². The Kier molecular flexibility index (Phi) is 5.89. The van der Waals surface area contributed by atoms with E-state index >= 15 is 0 Å². The second kappa shape index (κ2) is 8.35. The minimum absolute atomic E-state index is 0.240. The van der Waals surface area contributed by atoms with Crippen LogP contribution in [0, 0.1) is 11.6 Å². The van der Waals surface area contributed by atoms with Gasteiger partial charge in [0.25, 0.3) is 5.91 Å². The molecule has 1 heterocycles. The van der Waals surface area contributed by atoms with Crippen molar-refractivity contribution in [2.75, 3.05) is 14.2 Å². The molecule has 0 spiro atoms. The lowest BCUT2D eigenvalue weighted by Crippen LogP contribution is -2.27. The number of carbonyl (C=O) groups excluding carboxylic acids is 1. The summed E-state index contributed by atoms with van der Waals surface area (Å²) in [7, 11) is 3.10. The minimum atomic E-state index is -0.956. The molecule has 1 amide bonds. The Bertz CT molecular complexity index is 1010. The Hall–Kier alpha value is -3.00. The molecule has 146 valence electrons. The Morgan fingerprint density at radius 3 is 2.50 bits per heavy atom. The van der Waals surface area contributed by atoms with Crippen LogP contribution < -0.4 is 14.8 Å². The van der Waals surface area contributed by atoms with Gasteiger partial charge in [-0.1, -0.05) is 6.07 Å². The van der Waals surface area contributed by atoms with E-state index in [1.54, 1.807) is 38.7 Å². The molecule has 0 saturated carbocycles. The molecular formula is C20H18F2N2O3S. The fraction of sp³-hybridized carbons (Fsp3) is 0.200. The molecule has 28 heavy (non-hydrogen) atoms. The molecule has 1 aromatic heterocycles. The molecule has 8 heteroatoms. The first kappa shape index (κ1) is 19.8. The molecular weight excluding hydrogens is 386 g/mol. The van der Waals surface area contributed by atoms with Crippen LogP contribution in [0.15, 0.2) is 41.8 Å². The monoisotopic (exact) mass is 404 g/mol. The van der Waals surface area contributed by atoms with Crippen molar-refractivity contribution in [3.63, 3.8) is 0 Å². The lowest BCUT2D eigenvalue weighted by Gasteiger charge is -2.13. The lowest BCUT2D eigenvalue weighted by molar-refractivity contribution is 0.0935. The van der Waals surface area contributed by atoms with Crippen molar-refractivity contribution in [3.05, 3.63) is 64.7 Å². The molecule has 3 rings (SSSR count). The van der Waals surface area contributed by atoms with Gasteiger partial charge in [-0.3, -0.25) is 4.79 Å². The van der Waals surface area contributed by atoms with Gasteiger partial charge in [-0.2, -0.15) is 0 Å². The van der Waals surface area contributed by atoms with Crippen LogP contribution in [0.3, 0.4) is 0 Å². The highest BCUT2D eigenvalue weighted by molar-refractivity contribution is 7.13. The Morgan fingerprint density at radius 2 is 1.82 bits per heavy atom. The summed E-state index contributed by atoms with van der Waals surface area (Å²) in [4.78, 5) is 16.8. The van der Waals surface area contributed by atoms with Gasteiger partial charge in [-0.25, -0.2) is 13.8 Å². The number of hydrogen-bond acceptors (Lipinski definition) is 5. The van der Waals surface area contributed by atoms with E-state index in [0.29, 0.717) is 22.1 Å². The molecule has 0 bridgehead atoms. The van der Waals surface area contributed by atoms with Gasteiger partial charge in [-0.05, 0) is 42.8 Å². The van der Waals surface area contributed by atoms with Gasteiger partial charge in [0.05, 0.1) is 20.3 Å². The number of hydrogen-bond donors (Lipinski definition) is 1. The summed E-state index contributed by atoms with van der Waals surface area (Å²) in [6, 6.07) is 8.39. The van der Waals surface area contributed by atoms with E-state index in [1.165, 1.54) is 17.4 Å². The van der Waals surface area contributed by atoms with Gasteiger partial charge in [0, 0.05) is 10.9 Å². The maximum Gasteiger partial charge on any atom is 0.271 e. The molecule has 0 aliphatic rings. The molecule has 0 radical (unpaired) electrons. The number of nitrogens with one attached hydrogen (secondary N) is 1. The summed E-state index contributed by atoms with van der Waals surface area (Å²) in [5, 5.41) is 5.02. The fourth-order valence-electron chi connectivity index (χ4n) is 2.62. The third-order valence-electron chi connectivity index (χ3n) is 4.16. The number of benzene rings is 2. The number of ether oxygens (including phenoxy) is 2. The van der Waals surface area contributed by atoms with Crippen molar-refractivity contribution in [1.82, 2.24) is 10.3 Å². The zero-order valence-corrected chi connectivity index (χ0v) is 16.3. The SMILES string of the molecule is COc1ccc(-c2nc(C(=O)NC(C)c3ccc(F)c(F)c3)cs2)cc1OC. The number of methoxy groups -OCH3 is 2. The van der Waals surface area contributed by atoms with E-state index in [1.807, 2.05) is 6.07 Å². The predicted molar refractivity (Wildman–Crippen MR) is 103 cm³/mol. The van der Waals surface area contributed by atoms with Crippen LogP contribution in [0.25, 0.3) is 10.6 Å². The van der Waals surface area contributed by atoms with E-state index in [4.69, 9.17) is 9.47 Å². The summed E-state index contributed by atoms with van der Waals surface area (Å²) in [6.45, 7) is 1.69. The van der Waals surface area contributed by atoms with Gasteiger partial charge in [0.1, 0.15) is 10.7 Å². The van der Waals surface area contributed by atoms with E-state index in [-0.39, 0.29) is 5.69 Å². The maximum atomic E-state index is 13.4. The first-order valence-electron chi connectivity index (χ1n) is 8.36. The van der Waals surface area contributed by atoms with Gasteiger partial charge in [0.2, 0.25) is 0 Å². The predicted octanol–water partition coefficient (Wildman–Crippen LogP) is 4.60. The number of amides is 1. The van der Waals surface area contributed by atoms with Crippen LogP contribution in [-0.2, 0) is 0 Å². The van der Waals surface area contributed by atoms with E-state index < -0.39 is 23.6 Å². The first-order valence-corrected chi connectivity index (χ1v) is 9.24. The Labute approximate surface area is 164 Å². The Morgan fingerprint density at radius 1 is 1.07 bits per heavy atom. The molecule has 1 N–H and O–H groups in total. The van der Waals surface area contributed by atoms with Crippen molar-refractivity contribution >= 4 is 17.2 Å². The molecule has 0 aliphatic carbocycles. The van der Waals surface area contributed by atoms with Gasteiger partial charge in [0.15, 0.2) is 23.1 Å². The number of rotatable bonds is 6. The summed E-state index contributed by atoms with van der Waals surface area (Å²) < 4.78 is 37.0. The lowest BCUT2D eigenvalue weighted by atomic mass is 10.1. The van der Waals surface area contributed by atoms with E-state index in [0.717, 1.165) is 17.7 Å². The molecule has 0 saturated heterocycles. The number of carbonyl (C=O) groups is 1. The van der Waals surface area contributed by atoms with Crippen molar-refractivity contribution in [2.24, 2.45) is 0 Å². The van der Waals surface area contributed by atoms with Crippen molar-refractivity contribution in [1.29, 1.82) is 0 Å². The number of nitrogens with zero attached hydrogens (tertiary/aromatic N) is 1. The third kappa shape index (κ3) is 4.12. The number of halogens is 2. The largest absolute Gasteiger partial charge is 0.493 e. The average Bonchev–Trinajstić information content (AvgIpc) is 3.19. The standard InChI is InChI=1S/C20H18F2N2O3S/c1-11(12-4-6-14(21)15(22)8-12)23-19(25)16-10-28-20(24-16)13-5-7-17(26-2)18(9-13)27-3/h4-11H,1-3H3,(H,23,25). The van der Waals surface area contributed by atoms with Gasteiger partial charge in [-0.15, -0.1) is 11.3 Å². The maximum absolute atomic E-state index is 13.4. The summed E-state index contributed by atoms with van der Waals surface area (Å²) >= 11 is 1.31. The summed E-state index contributed by atoms with van der Waals surface area (Å²) in [5.41, 5.74) is 1.49. The summed E-state index contributed by atoms with van der Waals surface area (Å²) in [6.07, 6.45) is 0. The molecule has 2 aromatic carbocycles. The smallest absolute Gasteiger partial charge is 0.271 e. The van der Waals surface area contributed by atoms with Crippen LogP contribution in [-0.4, -0.2) is 25.1 Å². The first-order chi connectivity index (χ1) is 13.4. The third-order valence-corrected chi connectivity index (χ3v) is 5.05. The summed E-state index contributed by atoms with van der Waals surface area (Å²) in [5.74, 6) is -1.13. The molecule has 0 fully saturated rings. The second-order valence-corrected chi connectivity index (χ2v) is 6.83. The van der Waals surface area contributed by atoms with Crippen LogP contribution in [0.4, 0.5) is 8.78 Å². The zero-order valence-electron chi connectivity index (χ0n) is 15.5. The number of aromatic nitrogens is 1. The highest BCUT2D eigenvalue weighted by atomic mass is 32.1. The molecule has 5 nitrogen and oxygen atoms in total. The fourth-order valence-corrected chi connectivity index (χ4v) is 3.41. The van der Waals surface area contributed by atoms with Gasteiger partial charge < -0.3 is 14.8 Å². The highest BCUT2D eigenvalue weighted by Crippen LogP contribution is 2.33. The normalized spacial score (nSPS) is 11.8. The molecule has 1 unspecified atom stereocenters. The van der Waals surface area contributed by atoms with Gasteiger partial charge >= 0.3 is 0 Å². The minimum Gasteiger partial charge on any atom is -0.493 e. The average molecular weight is 404 g/mol. The van der Waals surface area contributed by atoms with E-state index in [2.05, 4.69) is 10.3 Å². The topological polar surface area (TPSA) is 60.5 Å². The quantitative estimate of drug-likeness (QED) is 0.653. The van der Waals surface area contributed by atoms with Crippen LogP contribution >= 0.6 is 11.3 Å². The van der Waals surface area contributed by atoms with Crippen LogP contribution in [0.2, 0.25) is 0 Å².